The Labute approximate surface area is 147 Å². The van der Waals surface area contributed by atoms with Crippen molar-refractivity contribution >= 4 is 17.5 Å². The molecule has 3 atom stereocenters. The molecule has 2 aliphatic rings. The maximum Gasteiger partial charge on any atom is 0.224 e. The number of β-amino-alcohol motifs (C(OH)–C–C–N with tert-alkyl or cyclic N) is 1. The van der Waals surface area contributed by atoms with E-state index in [9.17, 15) is 9.90 Å². The van der Waals surface area contributed by atoms with E-state index in [1.54, 1.807) is 25.3 Å². The number of aliphatic hydroxyl groups excluding tert-OH is 1. The van der Waals surface area contributed by atoms with Gasteiger partial charge in [0.1, 0.15) is 5.75 Å². The summed E-state index contributed by atoms with van der Waals surface area (Å²) >= 11 is 6.03. The zero-order chi connectivity index (χ0) is 17.1. The molecular formula is C18H25ClN2O3. The quantitative estimate of drug-likeness (QED) is 0.850. The lowest BCUT2D eigenvalue weighted by Gasteiger charge is -2.29. The van der Waals surface area contributed by atoms with Crippen LogP contribution in [0.25, 0.3) is 0 Å². The van der Waals surface area contributed by atoms with Crippen molar-refractivity contribution < 1.29 is 14.6 Å². The van der Waals surface area contributed by atoms with Crippen LogP contribution in [0.2, 0.25) is 5.02 Å². The maximum atomic E-state index is 12.5. The molecule has 2 N–H and O–H groups in total. The summed E-state index contributed by atoms with van der Waals surface area (Å²) in [5.41, 5.74) is 0.800. The second kappa shape index (κ2) is 7.72. The van der Waals surface area contributed by atoms with Crippen molar-refractivity contribution in [3.05, 3.63) is 28.8 Å². The minimum atomic E-state index is -0.224. The van der Waals surface area contributed by atoms with Gasteiger partial charge in [-0.1, -0.05) is 11.6 Å². The number of rotatable bonds is 5. The van der Waals surface area contributed by atoms with Crippen LogP contribution in [0.15, 0.2) is 18.2 Å². The van der Waals surface area contributed by atoms with Crippen LogP contribution in [0.4, 0.5) is 0 Å². The van der Waals surface area contributed by atoms with Crippen molar-refractivity contribution in [3.63, 3.8) is 0 Å². The molecule has 1 amide bonds. The van der Waals surface area contributed by atoms with Gasteiger partial charge in [0.25, 0.3) is 0 Å². The summed E-state index contributed by atoms with van der Waals surface area (Å²) in [7, 11) is 1.59. The summed E-state index contributed by atoms with van der Waals surface area (Å²) in [5, 5.41) is 13.5. The Morgan fingerprint density at radius 3 is 2.96 bits per heavy atom. The monoisotopic (exact) mass is 352 g/mol. The highest BCUT2D eigenvalue weighted by atomic mass is 35.5. The smallest absolute Gasteiger partial charge is 0.224 e. The number of halogens is 1. The van der Waals surface area contributed by atoms with Crippen molar-refractivity contribution in [2.45, 2.75) is 50.3 Å². The van der Waals surface area contributed by atoms with Gasteiger partial charge in [-0.3, -0.25) is 9.69 Å². The Kier molecular flexibility index (Phi) is 5.64. The Balaban J connectivity index is 1.61. The Morgan fingerprint density at radius 1 is 1.42 bits per heavy atom. The summed E-state index contributed by atoms with van der Waals surface area (Å²) in [5.74, 6) is 0.674. The van der Waals surface area contributed by atoms with Gasteiger partial charge >= 0.3 is 0 Å². The molecule has 1 saturated carbocycles. The van der Waals surface area contributed by atoms with Gasteiger partial charge in [-0.15, -0.1) is 0 Å². The Bertz CT molecular complexity index is 596. The molecule has 2 fully saturated rings. The van der Waals surface area contributed by atoms with E-state index in [4.69, 9.17) is 16.3 Å². The zero-order valence-corrected chi connectivity index (χ0v) is 14.8. The number of nitrogens with zero attached hydrogens (tertiary/aromatic N) is 1. The average Bonchev–Trinajstić information content (AvgIpc) is 3.16. The van der Waals surface area contributed by atoms with E-state index >= 15 is 0 Å². The first-order chi connectivity index (χ1) is 11.6. The molecule has 0 bridgehead atoms. The topological polar surface area (TPSA) is 61.8 Å². The molecule has 6 heteroatoms. The minimum absolute atomic E-state index is 0.00721. The average molecular weight is 353 g/mol. The first-order valence-corrected chi connectivity index (χ1v) is 8.98. The lowest BCUT2D eigenvalue weighted by molar-refractivity contribution is -0.121. The number of nitrogens with one attached hydrogen (secondary N) is 1. The SMILES string of the molecule is COc1ccc(Cl)cc1CC(=O)N[C@@H]1CCC[C@@H]1N1CCC(O)C1. The van der Waals surface area contributed by atoms with E-state index in [0.717, 1.165) is 44.3 Å². The van der Waals surface area contributed by atoms with E-state index in [0.29, 0.717) is 16.8 Å². The lowest BCUT2D eigenvalue weighted by Crippen LogP contribution is -2.48. The van der Waals surface area contributed by atoms with E-state index in [2.05, 4.69) is 10.2 Å². The summed E-state index contributed by atoms with van der Waals surface area (Å²) in [4.78, 5) is 14.8. The van der Waals surface area contributed by atoms with Crippen LogP contribution in [-0.4, -0.2) is 54.3 Å². The summed E-state index contributed by atoms with van der Waals surface area (Å²) in [6.07, 6.45) is 4.06. The molecule has 1 aromatic carbocycles. The second-order valence-electron chi connectivity index (χ2n) is 6.74. The second-order valence-corrected chi connectivity index (χ2v) is 7.18. The molecule has 1 unspecified atom stereocenters. The van der Waals surface area contributed by atoms with Gasteiger partial charge in [0.15, 0.2) is 0 Å². The van der Waals surface area contributed by atoms with Gasteiger partial charge in [-0.25, -0.2) is 0 Å². The lowest BCUT2D eigenvalue weighted by atomic mass is 10.1. The van der Waals surface area contributed by atoms with Crippen molar-refractivity contribution in [2.24, 2.45) is 0 Å². The third kappa shape index (κ3) is 4.02. The number of carbonyl (C=O) groups is 1. The predicted molar refractivity (Wildman–Crippen MR) is 93.5 cm³/mol. The molecule has 5 nitrogen and oxygen atoms in total. The van der Waals surface area contributed by atoms with Gasteiger partial charge in [0.2, 0.25) is 5.91 Å². The highest BCUT2D eigenvalue weighted by Crippen LogP contribution is 2.28. The molecule has 1 heterocycles. The molecule has 1 aliphatic heterocycles. The van der Waals surface area contributed by atoms with Crippen molar-refractivity contribution in [1.82, 2.24) is 10.2 Å². The molecule has 1 aromatic rings. The Morgan fingerprint density at radius 2 is 2.25 bits per heavy atom. The van der Waals surface area contributed by atoms with Crippen LogP contribution in [0.5, 0.6) is 5.75 Å². The van der Waals surface area contributed by atoms with E-state index in [1.807, 2.05) is 0 Å². The van der Waals surface area contributed by atoms with E-state index in [1.165, 1.54) is 0 Å². The number of hydrogen-bond donors (Lipinski definition) is 2. The summed E-state index contributed by atoms with van der Waals surface area (Å²) in [6, 6.07) is 5.83. The van der Waals surface area contributed by atoms with Gasteiger partial charge in [-0.05, 0) is 43.9 Å². The van der Waals surface area contributed by atoms with E-state index < -0.39 is 0 Å². The number of methoxy groups -OCH3 is 1. The van der Waals surface area contributed by atoms with Crippen molar-refractivity contribution in [2.75, 3.05) is 20.2 Å². The Hall–Kier alpha value is -1.30. The van der Waals surface area contributed by atoms with Crippen molar-refractivity contribution in [3.8, 4) is 5.75 Å². The molecule has 132 valence electrons. The number of likely N-dealkylation sites (tertiary alicyclic amines) is 1. The zero-order valence-electron chi connectivity index (χ0n) is 14.0. The molecule has 3 rings (SSSR count). The maximum absolute atomic E-state index is 12.5. The fourth-order valence-electron chi connectivity index (χ4n) is 3.93. The van der Waals surface area contributed by atoms with Crippen LogP contribution in [0.1, 0.15) is 31.2 Å². The fourth-order valence-corrected chi connectivity index (χ4v) is 4.13. The fraction of sp³-hybridized carbons (Fsp3) is 0.611. The van der Waals surface area contributed by atoms with Crippen LogP contribution in [0.3, 0.4) is 0 Å². The van der Waals surface area contributed by atoms with Crippen LogP contribution in [0, 0.1) is 0 Å². The minimum Gasteiger partial charge on any atom is -0.496 e. The third-order valence-corrected chi connectivity index (χ3v) is 5.32. The van der Waals surface area contributed by atoms with Gasteiger partial charge < -0.3 is 15.2 Å². The van der Waals surface area contributed by atoms with Gasteiger partial charge in [0.05, 0.1) is 19.6 Å². The largest absolute Gasteiger partial charge is 0.496 e. The molecule has 0 radical (unpaired) electrons. The number of benzene rings is 1. The highest BCUT2D eigenvalue weighted by Gasteiger charge is 2.36. The first-order valence-electron chi connectivity index (χ1n) is 8.60. The molecule has 1 aliphatic carbocycles. The number of carbonyl (C=O) groups excluding carboxylic acids is 1. The van der Waals surface area contributed by atoms with Crippen LogP contribution < -0.4 is 10.1 Å². The molecule has 24 heavy (non-hydrogen) atoms. The standard InChI is InChI=1S/C18H25ClN2O3/c1-24-17-6-5-13(19)9-12(17)10-18(23)20-15-3-2-4-16(15)21-8-7-14(22)11-21/h5-6,9,14-16,22H,2-4,7-8,10-11H2,1H3,(H,20,23)/t14?,15-,16+/m1/s1. The number of ether oxygens (including phenoxy) is 1. The van der Waals surface area contributed by atoms with Crippen LogP contribution >= 0.6 is 11.6 Å². The van der Waals surface area contributed by atoms with Crippen LogP contribution in [-0.2, 0) is 11.2 Å². The van der Waals surface area contributed by atoms with Gasteiger partial charge in [-0.2, -0.15) is 0 Å². The molecule has 0 spiro atoms. The summed E-state index contributed by atoms with van der Waals surface area (Å²) < 4.78 is 5.31. The third-order valence-electron chi connectivity index (χ3n) is 5.08. The van der Waals surface area contributed by atoms with Crippen molar-refractivity contribution in [1.29, 1.82) is 0 Å². The number of aliphatic hydroxyl groups is 1. The number of amides is 1. The molecule has 0 aromatic heterocycles. The van der Waals surface area contributed by atoms with Gasteiger partial charge in [0, 0.05) is 35.8 Å². The normalized spacial score (nSPS) is 27.4. The highest BCUT2D eigenvalue weighted by molar-refractivity contribution is 6.30. The predicted octanol–water partition coefficient (Wildman–Crippen LogP) is 2.00. The summed E-state index contributed by atoms with van der Waals surface area (Å²) in [6.45, 7) is 1.64. The number of hydrogen-bond acceptors (Lipinski definition) is 4. The molecular weight excluding hydrogens is 328 g/mol. The first kappa shape index (κ1) is 17.5. The molecule has 1 saturated heterocycles. The van der Waals surface area contributed by atoms with E-state index in [-0.39, 0.29) is 24.5 Å².